The Hall–Kier alpha value is -2.57. The van der Waals surface area contributed by atoms with Crippen molar-refractivity contribution < 1.29 is 0 Å². The van der Waals surface area contributed by atoms with E-state index in [9.17, 15) is 0 Å². The Balaban J connectivity index is 1.48. The number of aryl methyl sites for hydroxylation is 1. The summed E-state index contributed by atoms with van der Waals surface area (Å²) in [7, 11) is 2.18. The van der Waals surface area contributed by atoms with Crippen LogP contribution in [0.4, 0.5) is 11.4 Å². The van der Waals surface area contributed by atoms with Gasteiger partial charge in [-0.25, -0.2) is 9.67 Å². The number of benzene rings is 2. The summed E-state index contributed by atoms with van der Waals surface area (Å²) in [6.45, 7) is 7.25. The number of hydrogen-bond acceptors (Lipinski definition) is 5. The minimum atomic E-state index is 0.680. The lowest BCUT2D eigenvalue weighted by atomic mass is 10.1. The summed E-state index contributed by atoms with van der Waals surface area (Å²) in [4.78, 5) is 8.89. The number of hydrogen-bond donors (Lipinski definition) is 1. The molecule has 3 aromatic rings. The molecular weight excluding hydrogens is 372 g/mol. The Kier molecular flexibility index (Phi) is 5.50. The molecule has 0 unspecified atom stereocenters. The van der Waals surface area contributed by atoms with E-state index in [1.165, 1.54) is 17.6 Å². The van der Waals surface area contributed by atoms with E-state index in [2.05, 4.69) is 57.4 Å². The third-order valence-electron chi connectivity index (χ3n) is 5.24. The standard InChI is InChI=1S/C21H25ClN6/c1-16-11-19(5-6-20(16)27-9-7-26(2)8-10-27)24-13-17-3-4-18(22)12-21(17)28-15-23-14-25-28/h3-6,11-12,14-15,24H,7-10,13H2,1-2H3. The molecule has 0 spiro atoms. The van der Waals surface area contributed by atoms with E-state index < -0.39 is 0 Å². The van der Waals surface area contributed by atoms with Gasteiger partial charge in [-0.15, -0.1) is 0 Å². The lowest BCUT2D eigenvalue weighted by Gasteiger charge is -2.35. The maximum atomic E-state index is 6.18. The smallest absolute Gasteiger partial charge is 0.138 e. The average molecular weight is 397 g/mol. The molecule has 1 N–H and O–H groups in total. The van der Waals surface area contributed by atoms with Crippen molar-refractivity contribution in [3.8, 4) is 5.69 Å². The summed E-state index contributed by atoms with van der Waals surface area (Å²) in [5.74, 6) is 0. The molecule has 1 aliphatic rings. The second-order valence-electron chi connectivity index (χ2n) is 7.26. The van der Waals surface area contributed by atoms with E-state index in [0.29, 0.717) is 11.6 Å². The molecule has 146 valence electrons. The van der Waals surface area contributed by atoms with E-state index in [-0.39, 0.29) is 0 Å². The van der Waals surface area contributed by atoms with Gasteiger partial charge >= 0.3 is 0 Å². The molecule has 6 nitrogen and oxygen atoms in total. The van der Waals surface area contributed by atoms with Gasteiger partial charge in [-0.1, -0.05) is 17.7 Å². The van der Waals surface area contributed by atoms with Crippen molar-refractivity contribution in [3.05, 3.63) is 65.2 Å². The summed E-state index contributed by atoms with van der Waals surface area (Å²) >= 11 is 6.18. The summed E-state index contributed by atoms with van der Waals surface area (Å²) < 4.78 is 1.74. The van der Waals surface area contributed by atoms with Crippen LogP contribution in [-0.4, -0.2) is 52.9 Å². The Morgan fingerprint density at radius 1 is 1.04 bits per heavy atom. The maximum Gasteiger partial charge on any atom is 0.138 e. The molecular formula is C21H25ClN6. The van der Waals surface area contributed by atoms with Crippen LogP contribution in [0.15, 0.2) is 49.1 Å². The first-order valence-corrected chi connectivity index (χ1v) is 9.89. The van der Waals surface area contributed by atoms with Crippen LogP contribution in [0.5, 0.6) is 0 Å². The number of anilines is 2. The number of nitrogens with zero attached hydrogens (tertiary/aromatic N) is 5. The zero-order valence-corrected chi connectivity index (χ0v) is 17.0. The fraction of sp³-hybridized carbons (Fsp3) is 0.333. The maximum absolute atomic E-state index is 6.18. The van der Waals surface area contributed by atoms with Crippen LogP contribution in [0.2, 0.25) is 5.02 Å². The summed E-state index contributed by atoms with van der Waals surface area (Å²) in [6.07, 6.45) is 3.21. The van der Waals surface area contributed by atoms with Gasteiger partial charge in [0, 0.05) is 49.1 Å². The van der Waals surface area contributed by atoms with Crippen LogP contribution in [0.3, 0.4) is 0 Å². The van der Waals surface area contributed by atoms with Crippen LogP contribution < -0.4 is 10.2 Å². The third-order valence-corrected chi connectivity index (χ3v) is 5.47. The molecule has 1 aliphatic heterocycles. The highest BCUT2D eigenvalue weighted by atomic mass is 35.5. The molecule has 2 aromatic carbocycles. The van der Waals surface area contributed by atoms with Crippen molar-refractivity contribution >= 4 is 23.0 Å². The third kappa shape index (κ3) is 4.13. The predicted molar refractivity (Wildman–Crippen MR) is 115 cm³/mol. The summed E-state index contributed by atoms with van der Waals surface area (Å²) in [5, 5.41) is 8.45. The van der Waals surface area contributed by atoms with Crippen LogP contribution in [0, 0.1) is 6.92 Å². The van der Waals surface area contributed by atoms with Gasteiger partial charge < -0.3 is 15.1 Å². The molecule has 2 heterocycles. The Morgan fingerprint density at radius 3 is 2.57 bits per heavy atom. The molecule has 1 saturated heterocycles. The van der Waals surface area contributed by atoms with Gasteiger partial charge in [0.15, 0.2) is 0 Å². The van der Waals surface area contributed by atoms with Crippen LogP contribution in [-0.2, 0) is 6.54 Å². The quantitative estimate of drug-likeness (QED) is 0.714. The van der Waals surface area contributed by atoms with Crippen molar-refractivity contribution in [1.82, 2.24) is 19.7 Å². The van der Waals surface area contributed by atoms with Gasteiger partial charge in [0.1, 0.15) is 12.7 Å². The molecule has 0 aliphatic carbocycles. The Bertz CT molecular complexity index is 932. The molecule has 0 atom stereocenters. The normalized spacial score (nSPS) is 15.0. The Labute approximate surface area is 170 Å². The monoisotopic (exact) mass is 396 g/mol. The SMILES string of the molecule is Cc1cc(NCc2ccc(Cl)cc2-n2cncn2)ccc1N1CCN(C)CC1. The molecule has 7 heteroatoms. The van der Waals surface area contributed by atoms with Crippen molar-refractivity contribution in [2.45, 2.75) is 13.5 Å². The van der Waals surface area contributed by atoms with Crippen molar-refractivity contribution in [2.75, 3.05) is 43.4 Å². The first-order valence-electron chi connectivity index (χ1n) is 9.51. The van der Waals surface area contributed by atoms with Crippen molar-refractivity contribution in [1.29, 1.82) is 0 Å². The van der Waals surface area contributed by atoms with E-state index in [1.807, 2.05) is 18.2 Å². The van der Waals surface area contributed by atoms with Gasteiger partial charge in [0.2, 0.25) is 0 Å². The van der Waals surface area contributed by atoms with Gasteiger partial charge in [0.25, 0.3) is 0 Å². The topological polar surface area (TPSA) is 49.2 Å². The second kappa shape index (κ2) is 8.20. The lowest BCUT2D eigenvalue weighted by molar-refractivity contribution is 0.312. The van der Waals surface area contributed by atoms with Crippen LogP contribution >= 0.6 is 11.6 Å². The molecule has 0 radical (unpaired) electrons. The molecule has 1 fully saturated rings. The fourth-order valence-electron chi connectivity index (χ4n) is 3.60. The lowest BCUT2D eigenvalue weighted by Crippen LogP contribution is -2.44. The zero-order chi connectivity index (χ0) is 19.5. The van der Waals surface area contributed by atoms with E-state index in [1.54, 1.807) is 11.0 Å². The minimum Gasteiger partial charge on any atom is -0.381 e. The van der Waals surface area contributed by atoms with Crippen LogP contribution in [0.25, 0.3) is 5.69 Å². The van der Waals surface area contributed by atoms with E-state index in [4.69, 9.17) is 11.6 Å². The van der Waals surface area contributed by atoms with Crippen LogP contribution in [0.1, 0.15) is 11.1 Å². The molecule has 0 bridgehead atoms. The number of aromatic nitrogens is 3. The number of halogens is 1. The molecule has 0 amide bonds. The average Bonchev–Trinajstić information content (AvgIpc) is 3.23. The molecule has 4 rings (SSSR count). The molecule has 0 saturated carbocycles. The highest BCUT2D eigenvalue weighted by Crippen LogP contribution is 2.26. The number of likely N-dealkylation sites (N-methyl/N-ethyl adjacent to an activating group) is 1. The van der Waals surface area contributed by atoms with Crippen molar-refractivity contribution in [3.63, 3.8) is 0 Å². The number of piperazine rings is 1. The fourth-order valence-corrected chi connectivity index (χ4v) is 3.76. The highest BCUT2D eigenvalue weighted by molar-refractivity contribution is 6.30. The Morgan fingerprint density at radius 2 is 1.86 bits per heavy atom. The summed E-state index contributed by atoms with van der Waals surface area (Å²) in [6, 6.07) is 12.4. The highest BCUT2D eigenvalue weighted by Gasteiger charge is 2.16. The minimum absolute atomic E-state index is 0.680. The van der Waals surface area contributed by atoms with Gasteiger partial charge in [-0.05, 0) is 55.4 Å². The first-order chi connectivity index (χ1) is 13.6. The predicted octanol–water partition coefficient (Wildman–Crippen LogP) is 3.59. The number of rotatable bonds is 5. The summed E-state index contributed by atoms with van der Waals surface area (Å²) in [5.41, 5.74) is 5.77. The zero-order valence-electron chi connectivity index (χ0n) is 16.3. The van der Waals surface area contributed by atoms with Crippen molar-refractivity contribution in [2.24, 2.45) is 0 Å². The van der Waals surface area contributed by atoms with Gasteiger partial charge in [-0.3, -0.25) is 0 Å². The molecule has 1 aromatic heterocycles. The largest absolute Gasteiger partial charge is 0.381 e. The second-order valence-corrected chi connectivity index (χ2v) is 7.69. The first kappa shape index (κ1) is 18.8. The molecule has 28 heavy (non-hydrogen) atoms. The van der Waals surface area contributed by atoms with Gasteiger partial charge in [0.05, 0.1) is 5.69 Å². The van der Waals surface area contributed by atoms with E-state index in [0.717, 1.165) is 43.1 Å². The van der Waals surface area contributed by atoms with E-state index >= 15 is 0 Å². The van der Waals surface area contributed by atoms with Gasteiger partial charge in [-0.2, -0.15) is 5.10 Å². The number of nitrogens with one attached hydrogen (secondary N) is 1.